The number of carbonyl (C=O) groups excluding carboxylic acids is 1. The highest BCUT2D eigenvalue weighted by atomic mass is 32.1. The summed E-state index contributed by atoms with van der Waals surface area (Å²) in [4.78, 5) is 23.0. The molecule has 2 rings (SSSR count). The Kier molecular flexibility index (Phi) is 5.34. The fourth-order valence-electron chi connectivity index (χ4n) is 1.83. The van der Waals surface area contributed by atoms with Crippen molar-refractivity contribution in [3.8, 4) is 0 Å². The van der Waals surface area contributed by atoms with Crippen LogP contribution in [0.5, 0.6) is 0 Å². The molecule has 0 saturated carbocycles. The molecule has 0 aliphatic heterocycles. The first-order chi connectivity index (χ1) is 10.1. The van der Waals surface area contributed by atoms with E-state index in [4.69, 9.17) is 0 Å². The van der Waals surface area contributed by atoms with Crippen molar-refractivity contribution in [3.63, 3.8) is 0 Å². The van der Waals surface area contributed by atoms with E-state index in [0.717, 1.165) is 11.1 Å². The van der Waals surface area contributed by atoms with Crippen molar-refractivity contribution in [1.82, 2.24) is 10.6 Å². The number of rotatable bonds is 6. The second kappa shape index (κ2) is 7.44. The summed E-state index contributed by atoms with van der Waals surface area (Å²) < 4.78 is 0. The van der Waals surface area contributed by atoms with Crippen LogP contribution < -0.4 is 10.6 Å². The summed E-state index contributed by atoms with van der Waals surface area (Å²) in [5.41, 5.74) is 1.85. The average molecular weight is 304 g/mol. The van der Waals surface area contributed by atoms with E-state index in [9.17, 15) is 14.7 Å². The lowest BCUT2D eigenvalue weighted by atomic mass is 10.1. The van der Waals surface area contributed by atoms with Crippen LogP contribution >= 0.6 is 11.3 Å². The molecule has 1 atom stereocenters. The summed E-state index contributed by atoms with van der Waals surface area (Å²) in [7, 11) is 0. The van der Waals surface area contributed by atoms with Gasteiger partial charge < -0.3 is 15.7 Å². The Balaban J connectivity index is 1.87. The van der Waals surface area contributed by atoms with Gasteiger partial charge >= 0.3 is 12.0 Å². The van der Waals surface area contributed by atoms with Gasteiger partial charge in [0, 0.05) is 13.0 Å². The van der Waals surface area contributed by atoms with Gasteiger partial charge in [0.1, 0.15) is 6.04 Å². The third kappa shape index (κ3) is 4.92. The molecule has 0 bridgehead atoms. The van der Waals surface area contributed by atoms with E-state index in [2.05, 4.69) is 10.6 Å². The number of carboxylic acid groups (broad SMARTS) is 1. The predicted octanol–water partition coefficient (Wildman–Crippen LogP) is 2.24. The van der Waals surface area contributed by atoms with E-state index in [1.165, 1.54) is 0 Å². The highest BCUT2D eigenvalue weighted by Crippen LogP contribution is 2.05. The SMILES string of the molecule is O=C(NCc1ccsc1)NC(Cc1ccccc1)C(=O)O. The number of carbonyl (C=O) groups is 2. The molecule has 3 N–H and O–H groups in total. The van der Waals surface area contributed by atoms with Crippen molar-refractivity contribution in [2.45, 2.75) is 19.0 Å². The Labute approximate surface area is 126 Å². The van der Waals surface area contributed by atoms with Crippen LogP contribution in [0.4, 0.5) is 4.79 Å². The molecule has 1 heterocycles. The Morgan fingerprint density at radius 1 is 1.14 bits per heavy atom. The molecule has 0 aliphatic rings. The van der Waals surface area contributed by atoms with Crippen LogP contribution in [-0.4, -0.2) is 23.1 Å². The van der Waals surface area contributed by atoms with Crippen molar-refractivity contribution in [2.75, 3.05) is 0 Å². The van der Waals surface area contributed by atoms with Crippen LogP contribution in [0.2, 0.25) is 0 Å². The van der Waals surface area contributed by atoms with Gasteiger partial charge in [0.25, 0.3) is 0 Å². The molecule has 0 saturated heterocycles. The topological polar surface area (TPSA) is 78.4 Å². The highest BCUT2D eigenvalue weighted by Gasteiger charge is 2.20. The Morgan fingerprint density at radius 2 is 1.90 bits per heavy atom. The molecule has 21 heavy (non-hydrogen) atoms. The molecule has 1 aromatic carbocycles. The number of thiophene rings is 1. The second-order valence-corrected chi connectivity index (χ2v) is 5.32. The molecular weight excluding hydrogens is 288 g/mol. The van der Waals surface area contributed by atoms with Gasteiger partial charge in [-0.3, -0.25) is 0 Å². The summed E-state index contributed by atoms with van der Waals surface area (Å²) in [5, 5.41) is 18.2. The lowest BCUT2D eigenvalue weighted by Gasteiger charge is -2.15. The monoisotopic (exact) mass is 304 g/mol. The number of hydrogen-bond donors (Lipinski definition) is 3. The molecule has 1 aromatic heterocycles. The fraction of sp³-hybridized carbons (Fsp3) is 0.200. The van der Waals surface area contributed by atoms with E-state index in [0.29, 0.717) is 6.54 Å². The second-order valence-electron chi connectivity index (χ2n) is 4.54. The maximum atomic E-state index is 11.8. The first kappa shape index (κ1) is 15.1. The summed E-state index contributed by atoms with van der Waals surface area (Å²) >= 11 is 1.55. The van der Waals surface area contributed by atoms with Crippen molar-refractivity contribution in [2.24, 2.45) is 0 Å². The van der Waals surface area contributed by atoms with E-state index in [1.807, 2.05) is 47.2 Å². The van der Waals surface area contributed by atoms with Crippen molar-refractivity contribution < 1.29 is 14.7 Å². The van der Waals surface area contributed by atoms with Crippen LogP contribution in [-0.2, 0) is 17.8 Å². The zero-order valence-electron chi connectivity index (χ0n) is 11.3. The minimum atomic E-state index is -1.05. The first-order valence-corrected chi connectivity index (χ1v) is 7.41. The number of carboxylic acids is 1. The van der Waals surface area contributed by atoms with Crippen LogP contribution in [0, 0.1) is 0 Å². The summed E-state index contributed by atoms with van der Waals surface area (Å²) in [6, 6.07) is 9.68. The average Bonchev–Trinajstić information content (AvgIpc) is 2.99. The number of amides is 2. The molecule has 5 nitrogen and oxygen atoms in total. The lowest BCUT2D eigenvalue weighted by Crippen LogP contribution is -2.46. The molecule has 0 radical (unpaired) electrons. The van der Waals surface area contributed by atoms with Crippen molar-refractivity contribution in [1.29, 1.82) is 0 Å². The molecule has 6 heteroatoms. The van der Waals surface area contributed by atoms with Crippen LogP contribution in [0.3, 0.4) is 0 Å². The number of urea groups is 1. The number of nitrogens with one attached hydrogen (secondary N) is 2. The third-order valence-electron chi connectivity index (χ3n) is 2.92. The molecule has 0 spiro atoms. The molecule has 2 amide bonds. The van der Waals surface area contributed by atoms with E-state index in [1.54, 1.807) is 11.3 Å². The first-order valence-electron chi connectivity index (χ1n) is 6.47. The van der Waals surface area contributed by atoms with Crippen molar-refractivity contribution in [3.05, 3.63) is 58.3 Å². The molecule has 0 aliphatic carbocycles. The van der Waals surface area contributed by atoms with Gasteiger partial charge in [0.2, 0.25) is 0 Å². The number of hydrogen-bond acceptors (Lipinski definition) is 3. The van der Waals surface area contributed by atoms with Gasteiger partial charge in [-0.15, -0.1) is 0 Å². The maximum Gasteiger partial charge on any atom is 0.326 e. The summed E-state index contributed by atoms with van der Waals surface area (Å²) in [6.07, 6.45) is 0.252. The molecule has 1 unspecified atom stereocenters. The normalized spacial score (nSPS) is 11.6. The largest absolute Gasteiger partial charge is 0.480 e. The molecule has 2 aromatic rings. The predicted molar refractivity (Wildman–Crippen MR) is 81.3 cm³/mol. The summed E-state index contributed by atoms with van der Waals surface area (Å²) in [6.45, 7) is 0.382. The maximum absolute atomic E-state index is 11.8. The van der Waals surface area contributed by atoms with Gasteiger partial charge in [0.05, 0.1) is 0 Å². The third-order valence-corrected chi connectivity index (χ3v) is 3.65. The standard InChI is InChI=1S/C15H16N2O3S/c18-14(19)13(8-11-4-2-1-3-5-11)17-15(20)16-9-12-6-7-21-10-12/h1-7,10,13H,8-9H2,(H,18,19)(H2,16,17,20). The van der Waals surface area contributed by atoms with Crippen molar-refractivity contribution >= 4 is 23.3 Å². The molecular formula is C15H16N2O3S. The number of benzene rings is 1. The zero-order chi connectivity index (χ0) is 15.1. The molecule has 0 fully saturated rings. The van der Waals surface area contributed by atoms with Crippen LogP contribution in [0.15, 0.2) is 47.2 Å². The molecule has 110 valence electrons. The minimum Gasteiger partial charge on any atom is -0.480 e. The van der Waals surface area contributed by atoms with E-state index in [-0.39, 0.29) is 6.42 Å². The quantitative estimate of drug-likeness (QED) is 0.766. The highest BCUT2D eigenvalue weighted by molar-refractivity contribution is 7.07. The van der Waals surface area contributed by atoms with Gasteiger partial charge in [-0.2, -0.15) is 11.3 Å². The van der Waals surface area contributed by atoms with E-state index >= 15 is 0 Å². The summed E-state index contributed by atoms with van der Waals surface area (Å²) in [5.74, 6) is -1.05. The van der Waals surface area contributed by atoms with Gasteiger partial charge in [-0.25, -0.2) is 9.59 Å². The van der Waals surface area contributed by atoms with Crippen LogP contribution in [0.25, 0.3) is 0 Å². The zero-order valence-corrected chi connectivity index (χ0v) is 12.1. The van der Waals surface area contributed by atoms with Gasteiger partial charge in [-0.05, 0) is 28.0 Å². The Hall–Kier alpha value is -2.34. The minimum absolute atomic E-state index is 0.252. The smallest absolute Gasteiger partial charge is 0.326 e. The Bertz CT molecular complexity index is 584. The lowest BCUT2D eigenvalue weighted by molar-refractivity contribution is -0.139. The number of aliphatic carboxylic acids is 1. The van der Waals surface area contributed by atoms with Gasteiger partial charge in [0.15, 0.2) is 0 Å². The fourth-order valence-corrected chi connectivity index (χ4v) is 2.50. The van der Waals surface area contributed by atoms with E-state index < -0.39 is 18.0 Å². The Morgan fingerprint density at radius 3 is 2.52 bits per heavy atom. The van der Waals surface area contributed by atoms with Crippen LogP contribution in [0.1, 0.15) is 11.1 Å². The van der Waals surface area contributed by atoms with Gasteiger partial charge in [-0.1, -0.05) is 30.3 Å².